The third kappa shape index (κ3) is 1.48. The van der Waals surface area contributed by atoms with E-state index in [2.05, 4.69) is 0 Å². The minimum Gasteiger partial charge on any atom is -0.478 e. The van der Waals surface area contributed by atoms with Crippen molar-refractivity contribution in [2.45, 2.75) is 19.1 Å². The van der Waals surface area contributed by atoms with Gasteiger partial charge in [0.1, 0.15) is 5.82 Å². The van der Waals surface area contributed by atoms with E-state index >= 15 is 0 Å². The zero-order chi connectivity index (χ0) is 11.1. The molecule has 16 heavy (non-hydrogen) atoms. The fourth-order valence-corrected chi connectivity index (χ4v) is 1.94. The molecular weight excluding hydrogens is 207 g/mol. The van der Waals surface area contributed by atoms with Crippen LogP contribution in [0.4, 0.5) is 4.39 Å². The molecular formula is C13H11FO2. The molecule has 2 aliphatic rings. The van der Waals surface area contributed by atoms with Crippen LogP contribution in [0, 0.1) is 5.82 Å². The van der Waals surface area contributed by atoms with E-state index in [-0.39, 0.29) is 18.0 Å². The lowest BCUT2D eigenvalue weighted by atomic mass is 10.0. The first-order valence-corrected chi connectivity index (χ1v) is 5.22. The second-order valence-electron chi connectivity index (χ2n) is 4.03. The zero-order valence-electron chi connectivity index (χ0n) is 8.81. The van der Waals surface area contributed by atoms with Crippen molar-refractivity contribution in [2.24, 2.45) is 0 Å². The monoisotopic (exact) mass is 218 g/mol. The number of allylic oxidation sites excluding steroid dienone is 2. The topological polar surface area (TPSA) is 18.5 Å². The number of fused-ring (bicyclic) bond motifs is 2. The van der Waals surface area contributed by atoms with Gasteiger partial charge in [0.15, 0.2) is 23.7 Å². The molecule has 0 saturated heterocycles. The van der Waals surface area contributed by atoms with Crippen LogP contribution in [0.2, 0.25) is 0 Å². The summed E-state index contributed by atoms with van der Waals surface area (Å²) in [5, 5.41) is 0. The SMILES string of the molecule is CC1=CC2Oc3ccc(F)cc3OC2C=C1. The summed E-state index contributed by atoms with van der Waals surface area (Å²) in [4.78, 5) is 0. The molecule has 1 heterocycles. The maximum atomic E-state index is 13.0. The summed E-state index contributed by atoms with van der Waals surface area (Å²) in [5.74, 6) is 0.758. The van der Waals surface area contributed by atoms with E-state index in [9.17, 15) is 4.39 Å². The largest absolute Gasteiger partial charge is 0.478 e. The number of benzene rings is 1. The van der Waals surface area contributed by atoms with Gasteiger partial charge in [-0.3, -0.25) is 0 Å². The quantitative estimate of drug-likeness (QED) is 0.666. The maximum absolute atomic E-state index is 13.0. The Hall–Kier alpha value is -1.77. The summed E-state index contributed by atoms with van der Waals surface area (Å²) in [6.45, 7) is 2.01. The third-order valence-electron chi connectivity index (χ3n) is 2.73. The first-order chi connectivity index (χ1) is 7.72. The molecule has 0 fully saturated rings. The molecule has 1 aromatic rings. The molecule has 2 atom stereocenters. The normalized spacial score (nSPS) is 26.0. The fourth-order valence-electron chi connectivity index (χ4n) is 1.94. The summed E-state index contributed by atoms with van der Waals surface area (Å²) in [6.07, 6.45) is 5.67. The maximum Gasteiger partial charge on any atom is 0.165 e. The number of rotatable bonds is 0. The number of hydrogen-bond donors (Lipinski definition) is 0. The summed E-state index contributed by atoms with van der Waals surface area (Å²) in [6, 6.07) is 4.32. The van der Waals surface area contributed by atoms with Crippen LogP contribution in [-0.2, 0) is 0 Å². The van der Waals surface area contributed by atoms with Gasteiger partial charge in [0, 0.05) is 6.07 Å². The van der Waals surface area contributed by atoms with Gasteiger partial charge in [-0.15, -0.1) is 0 Å². The molecule has 82 valence electrons. The van der Waals surface area contributed by atoms with Gasteiger partial charge in [-0.25, -0.2) is 4.39 Å². The highest BCUT2D eigenvalue weighted by Gasteiger charge is 2.30. The highest BCUT2D eigenvalue weighted by molar-refractivity contribution is 5.44. The van der Waals surface area contributed by atoms with Crippen molar-refractivity contribution < 1.29 is 13.9 Å². The average Bonchev–Trinajstić information content (AvgIpc) is 2.26. The van der Waals surface area contributed by atoms with E-state index in [1.165, 1.54) is 12.1 Å². The molecule has 0 saturated carbocycles. The molecule has 1 aliphatic heterocycles. The van der Waals surface area contributed by atoms with Crippen LogP contribution in [-0.4, -0.2) is 12.2 Å². The van der Waals surface area contributed by atoms with E-state index < -0.39 is 0 Å². The van der Waals surface area contributed by atoms with Gasteiger partial charge in [-0.2, -0.15) is 0 Å². The van der Waals surface area contributed by atoms with Gasteiger partial charge in [0.25, 0.3) is 0 Å². The van der Waals surface area contributed by atoms with Gasteiger partial charge in [-0.1, -0.05) is 11.6 Å². The van der Waals surface area contributed by atoms with Gasteiger partial charge < -0.3 is 9.47 Å². The lowest BCUT2D eigenvalue weighted by Crippen LogP contribution is -2.38. The van der Waals surface area contributed by atoms with E-state index in [4.69, 9.17) is 9.47 Å². The van der Waals surface area contributed by atoms with Crippen molar-refractivity contribution in [2.75, 3.05) is 0 Å². The Balaban J connectivity index is 1.98. The van der Waals surface area contributed by atoms with Crippen molar-refractivity contribution in [3.8, 4) is 11.5 Å². The van der Waals surface area contributed by atoms with Crippen LogP contribution in [0.25, 0.3) is 0 Å². The van der Waals surface area contributed by atoms with Crippen LogP contribution >= 0.6 is 0 Å². The number of hydrogen-bond acceptors (Lipinski definition) is 2. The highest BCUT2D eigenvalue weighted by Crippen LogP contribution is 2.36. The van der Waals surface area contributed by atoms with Crippen LogP contribution in [0.3, 0.4) is 0 Å². The second kappa shape index (κ2) is 3.37. The molecule has 2 unspecified atom stereocenters. The minimum atomic E-state index is -0.313. The van der Waals surface area contributed by atoms with Crippen LogP contribution in [0.1, 0.15) is 6.92 Å². The van der Waals surface area contributed by atoms with Crippen molar-refractivity contribution in [3.63, 3.8) is 0 Å². The molecule has 0 N–H and O–H groups in total. The average molecular weight is 218 g/mol. The lowest BCUT2D eigenvalue weighted by molar-refractivity contribution is 0.0745. The molecule has 0 bridgehead atoms. The van der Waals surface area contributed by atoms with Crippen LogP contribution < -0.4 is 9.47 Å². The van der Waals surface area contributed by atoms with E-state index in [1.54, 1.807) is 6.07 Å². The van der Waals surface area contributed by atoms with Crippen molar-refractivity contribution in [3.05, 3.63) is 47.8 Å². The standard InChI is InChI=1S/C13H11FO2/c1-8-2-4-10-12(6-8)15-11-5-3-9(14)7-13(11)16-10/h2-7,10,12H,1H3. The van der Waals surface area contributed by atoms with Gasteiger partial charge in [0.2, 0.25) is 0 Å². The molecule has 0 aromatic heterocycles. The van der Waals surface area contributed by atoms with Crippen molar-refractivity contribution in [1.29, 1.82) is 0 Å². The first-order valence-electron chi connectivity index (χ1n) is 5.22. The molecule has 0 amide bonds. The summed E-state index contributed by atoms with van der Waals surface area (Å²) in [5.41, 5.74) is 1.15. The van der Waals surface area contributed by atoms with E-state index in [0.29, 0.717) is 11.5 Å². The highest BCUT2D eigenvalue weighted by atomic mass is 19.1. The Kier molecular flexibility index (Phi) is 1.99. The molecule has 2 nitrogen and oxygen atoms in total. The Bertz CT molecular complexity index is 491. The molecule has 0 radical (unpaired) electrons. The third-order valence-corrected chi connectivity index (χ3v) is 2.73. The lowest BCUT2D eigenvalue weighted by Gasteiger charge is -2.32. The van der Waals surface area contributed by atoms with E-state index in [0.717, 1.165) is 5.57 Å². The van der Waals surface area contributed by atoms with E-state index in [1.807, 2.05) is 25.2 Å². The molecule has 1 aromatic carbocycles. The summed E-state index contributed by atoms with van der Waals surface area (Å²) >= 11 is 0. The molecule has 0 spiro atoms. The second-order valence-corrected chi connectivity index (χ2v) is 4.03. The Morgan fingerprint density at radius 1 is 1.12 bits per heavy atom. The molecule has 1 aliphatic carbocycles. The van der Waals surface area contributed by atoms with Gasteiger partial charge in [-0.05, 0) is 31.2 Å². The Morgan fingerprint density at radius 3 is 2.81 bits per heavy atom. The summed E-state index contributed by atoms with van der Waals surface area (Å²) in [7, 11) is 0. The first kappa shape index (κ1) is 9.46. The number of halogens is 1. The van der Waals surface area contributed by atoms with Crippen LogP contribution in [0.5, 0.6) is 11.5 Å². The van der Waals surface area contributed by atoms with Crippen molar-refractivity contribution in [1.82, 2.24) is 0 Å². The minimum absolute atomic E-state index is 0.108. The van der Waals surface area contributed by atoms with Gasteiger partial charge in [0.05, 0.1) is 0 Å². The predicted molar refractivity (Wildman–Crippen MR) is 58.1 cm³/mol. The Morgan fingerprint density at radius 2 is 1.94 bits per heavy atom. The molecule has 3 heteroatoms. The zero-order valence-corrected chi connectivity index (χ0v) is 8.81. The van der Waals surface area contributed by atoms with Gasteiger partial charge >= 0.3 is 0 Å². The molecule has 3 rings (SSSR count). The Labute approximate surface area is 93.0 Å². The van der Waals surface area contributed by atoms with Crippen LogP contribution in [0.15, 0.2) is 42.0 Å². The summed E-state index contributed by atoms with van der Waals surface area (Å²) < 4.78 is 24.4. The predicted octanol–water partition coefficient (Wildman–Crippen LogP) is 2.85. The van der Waals surface area contributed by atoms with Crippen molar-refractivity contribution >= 4 is 0 Å². The number of ether oxygens (including phenoxy) is 2. The smallest absolute Gasteiger partial charge is 0.165 e. The fraction of sp³-hybridized carbons (Fsp3) is 0.231.